The first-order valence-electron chi connectivity index (χ1n) is 4.59. The molecule has 0 fully saturated rings. The van der Waals surface area contributed by atoms with E-state index in [9.17, 15) is 0 Å². The maximum atomic E-state index is 4.55. The Morgan fingerprint density at radius 3 is 3.21 bits per heavy atom. The molecule has 3 rings (SSSR count). The Hall–Kier alpha value is -1.42. The van der Waals surface area contributed by atoms with Crippen molar-refractivity contribution in [2.75, 3.05) is 0 Å². The molecule has 0 saturated heterocycles. The van der Waals surface area contributed by atoms with Gasteiger partial charge in [0.25, 0.3) is 0 Å². The Morgan fingerprint density at radius 1 is 1.43 bits per heavy atom. The molecule has 3 nitrogen and oxygen atoms in total. The van der Waals surface area contributed by atoms with E-state index in [0.29, 0.717) is 0 Å². The largest absolute Gasteiger partial charge is 0.342 e. The minimum Gasteiger partial charge on any atom is -0.342 e. The predicted molar refractivity (Wildman–Crippen MR) is 58.6 cm³/mol. The quantitative estimate of drug-likeness (QED) is 0.660. The van der Waals surface area contributed by atoms with Crippen LogP contribution in [0.2, 0.25) is 0 Å². The van der Waals surface area contributed by atoms with E-state index in [1.807, 2.05) is 17.6 Å². The van der Waals surface area contributed by atoms with Gasteiger partial charge in [0.2, 0.25) is 0 Å². The van der Waals surface area contributed by atoms with Gasteiger partial charge in [-0.25, -0.2) is 9.97 Å². The third-order valence-electron chi connectivity index (χ3n) is 2.33. The van der Waals surface area contributed by atoms with Gasteiger partial charge in [-0.15, -0.1) is 11.3 Å². The highest BCUT2D eigenvalue weighted by atomic mass is 32.1. The monoisotopic (exact) mass is 203 g/mol. The minimum atomic E-state index is 0.939. The average Bonchev–Trinajstić information content (AvgIpc) is 2.82. The summed E-state index contributed by atoms with van der Waals surface area (Å²) in [4.78, 5) is 12.1. The van der Waals surface area contributed by atoms with Crippen LogP contribution in [0.4, 0.5) is 0 Å². The molecule has 3 aromatic rings. The van der Waals surface area contributed by atoms with Crippen molar-refractivity contribution in [2.24, 2.45) is 0 Å². The molecule has 0 aliphatic heterocycles. The van der Waals surface area contributed by atoms with Gasteiger partial charge in [-0.3, -0.25) is 0 Å². The third kappa shape index (κ3) is 0.974. The second kappa shape index (κ2) is 2.78. The SMILES string of the molecule is CCc1nc2c(ccc3ncsc32)[nH]1. The van der Waals surface area contributed by atoms with Crippen LogP contribution < -0.4 is 0 Å². The lowest BCUT2D eigenvalue weighted by molar-refractivity contribution is 1.00. The second-order valence-electron chi connectivity index (χ2n) is 3.20. The topological polar surface area (TPSA) is 41.6 Å². The molecule has 0 amide bonds. The number of thiazole rings is 1. The Balaban J connectivity index is 2.49. The van der Waals surface area contributed by atoms with Crippen molar-refractivity contribution < 1.29 is 0 Å². The van der Waals surface area contributed by atoms with Gasteiger partial charge >= 0.3 is 0 Å². The number of rotatable bonds is 1. The molecule has 0 unspecified atom stereocenters. The van der Waals surface area contributed by atoms with Gasteiger partial charge in [0.1, 0.15) is 11.3 Å². The van der Waals surface area contributed by atoms with Crippen LogP contribution >= 0.6 is 11.3 Å². The summed E-state index contributed by atoms with van der Waals surface area (Å²) < 4.78 is 1.18. The molecule has 4 heteroatoms. The Labute approximate surface area is 84.8 Å². The molecule has 0 aliphatic carbocycles. The summed E-state index contributed by atoms with van der Waals surface area (Å²) in [6.07, 6.45) is 0.939. The lowest BCUT2D eigenvalue weighted by atomic mass is 10.3. The van der Waals surface area contributed by atoms with E-state index in [1.54, 1.807) is 11.3 Å². The normalized spacial score (nSPS) is 11.5. The molecule has 2 aromatic heterocycles. The van der Waals surface area contributed by atoms with E-state index in [2.05, 4.69) is 21.9 Å². The number of imidazole rings is 1. The van der Waals surface area contributed by atoms with E-state index in [4.69, 9.17) is 0 Å². The number of hydrogen-bond acceptors (Lipinski definition) is 3. The number of nitrogens with zero attached hydrogens (tertiary/aromatic N) is 2. The number of hydrogen-bond donors (Lipinski definition) is 1. The zero-order valence-corrected chi connectivity index (χ0v) is 8.56. The van der Waals surface area contributed by atoms with Crippen molar-refractivity contribution in [3.63, 3.8) is 0 Å². The molecule has 0 radical (unpaired) electrons. The number of aryl methyl sites for hydroxylation is 1. The summed E-state index contributed by atoms with van der Waals surface area (Å²) in [6, 6.07) is 4.08. The first kappa shape index (κ1) is 7.94. The van der Waals surface area contributed by atoms with Gasteiger partial charge in [0, 0.05) is 6.42 Å². The van der Waals surface area contributed by atoms with Gasteiger partial charge in [0.05, 0.1) is 21.2 Å². The molecule has 2 heterocycles. The van der Waals surface area contributed by atoms with E-state index in [-0.39, 0.29) is 0 Å². The summed E-state index contributed by atoms with van der Waals surface area (Å²) in [5.74, 6) is 1.04. The van der Waals surface area contributed by atoms with Crippen molar-refractivity contribution >= 4 is 32.6 Å². The van der Waals surface area contributed by atoms with Crippen LogP contribution in [0, 0.1) is 0 Å². The van der Waals surface area contributed by atoms with Crippen molar-refractivity contribution in [3.05, 3.63) is 23.5 Å². The molecule has 0 bridgehead atoms. The molecule has 1 aromatic carbocycles. The molecule has 14 heavy (non-hydrogen) atoms. The highest BCUT2D eigenvalue weighted by molar-refractivity contribution is 7.17. The van der Waals surface area contributed by atoms with Gasteiger partial charge in [-0.05, 0) is 12.1 Å². The van der Waals surface area contributed by atoms with Crippen LogP contribution in [0.3, 0.4) is 0 Å². The summed E-state index contributed by atoms with van der Waals surface area (Å²) in [7, 11) is 0. The third-order valence-corrected chi connectivity index (χ3v) is 3.18. The summed E-state index contributed by atoms with van der Waals surface area (Å²) in [5, 5.41) is 0. The van der Waals surface area contributed by atoms with Gasteiger partial charge < -0.3 is 4.98 Å². The average molecular weight is 203 g/mol. The van der Waals surface area contributed by atoms with Gasteiger partial charge in [-0.1, -0.05) is 6.92 Å². The maximum Gasteiger partial charge on any atom is 0.108 e. The first-order valence-corrected chi connectivity index (χ1v) is 5.47. The Kier molecular flexibility index (Phi) is 1.58. The second-order valence-corrected chi connectivity index (χ2v) is 4.05. The highest BCUT2D eigenvalue weighted by Crippen LogP contribution is 2.26. The molecular weight excluding hydrogens is 194 g/mol. The van der Waals surface area contributed by atoms with Crippen LogP contribution in [0.25, 0.3) is 21.3 Å². The highest BCUT2D eigenvalue weighted by Gasteiger charge is 2.06. The molecule has 0 atom stereocenters. The molecule has 0 aliphatic rings. The number of aromatic amines is 1. The van der Waals surface area contributed by atoms with Crippen molar-refractivity contribution in [1.29, 1.82) is 0 Å². The molecule has 70 valence electrons. The fourth-order valence-electron chi connectivity index (χ4n) is 1.61. The molecule has 1 N–H and O–H groups in total. The van der Waals surface area contributed by atoms with Crippen LogP contribution in [-0.2, 0) is 6.42 Å². The van der Waals surface area contributed by atoms with Crippen LogP contribution in [-0.4, -0.2) is 15.0 Å². The number of benzene rings is 1. The van der Waals surface area contributed by atoms with E-state index < -0.39 is 0 Å². The lowest BCUT2D eigenvalue weighted by Gasteiger charge is -1.87. The van der Waals surface area contributed by atoms with Gasteiger partial charge in [-0.2, -0.15) is 0 Å². The molecule has 0 spiro atoms. The zero-order chi connectivity index (χ0) is 9.54. The standard InChI is InChI=1S/C10H9N3S/c1-2-8-12-6-3-4-7-10(9(6)13-8)14-5-11-7/h3-5H,2H2,1H3,(H,12,13). The van der Waals surface area contributed by atoms with E-state index in [0.717, 1.165) is 28.8 Å². The lowest BCUT2D eigenvalue weighted by Crippen LogP contribution is -1.79. The minimum absolute atomic E-state index is 0.939. The smallest absolute Gasteiger partial charge is 0.108 e. The number of fused-ring (bicyclic) bond motifs is 3. The number of nitrogens with one attached hydrogen (secondary N) is 1. The first-order chi connectivity index (χ1) is 6.88. The maximum absolute atomic E-state index is 4.55. The fraction of sp³-hybridized carbons (Fsp3) is 0.200. The van der Waals surface area contributed by atoms with Crippen molar-refractivity contribution in [2.45, 2.75) is 13.3 Å². The molecular formula is C10H9N3S. The van der Waals surface area contributed by atoms with Crippen LogP contribution in [0.5, 0.6) is 0 Å². The van der Waals surface area contributed by atoms with Gasteiger partial charge in [0.15, 0.2) is 0 Å². The van der Waals surface area contributed by atoms with E-state index in [1.165, 1.54) is 4.70 Å². The Bertz CT molecular complexity index is 593. The summed E-state index contributed by atoms with van der Waals surface area (Å²) in [6.45, 7) is 2.10. The van der Waals surface area contributed by atoms with Crippen LogP contribution in [0.1, 0.15) is 12.7 Å². The summed E-state index contributed by atoms with van der Waals surface area (Å²) in [5.41, 5.74) is 5.07. The Morgan fingerprint density at radius 2 is 2.36 bits per heavy atom. The van der Waals surface area contributed by atoms with Crippen LogP contribution in [0.15, 0.2) is 17.6 Å². The predicted octanol–water partition coefficient (Wildman–Crippen LogP) is 2.74. The van der Waals surface area contributed by atoms with Crippen molar-refractivity contribution in [1.82, 2.24) is 15.0 Å². The summed E-state index contributed by atoms with van der Waals surface area (Å²) >= 11 is 1.65. The number of aromatic nitrogens is 3. The molecule has 0 saturated carbocycles. The fourth-order valence-corrected chi connectivity index (χ4v) is 2.39. The number of H-pyrrole nitrogens is 1. The zero-order valence-electron chi connectivity index (χ0n) is 7.74. The van der Waals surface area contributed by atoms with E-state index >= 15 is 0 Å². The van der Waals surface area contributed by atoms with Crippen molar-refractivity contribution in [3.8, 4) is 0 Å².